The molecule has 13 heavy (non-hydrogen) atoms. The number of hydrogen-bond acceptors (Lipinski definition) is 2. The summed E-state index contributed by atoms with van der Waals surface area (Å²) >= 11 is 0. The zero-order valence-electron chi connectivity index (χ0n) is 7.91. The normalized spacial score (nSPS) is 11.0. The molecule has 0 aliphatic rings. The summed E-state index contributed by atoms with van der Waals surface area (Å²) in [5.74, 6) is 0. The molecule has 0 fully saturated rings. The largest absolute Gasteiger partial charge is 0.326 e. The molecule has 2 rings (SSSR count). The van der Waals surface area contributed by atoms with Gasteiger partial charge in [-0.1, -0.05) is 0 Å². The molecule has 0 bridgehead atoms. The minimum absolute atomic E-state index is 0.571. The third-order valence-electron chi connectivity index (χ3n) is 2.40. The molecule has 0 spiro atoms. The number of pyridine rings is 1. The van der Waals surface area contributed by atoms with Gasteiger partial charge in [0.05, 0.1) is 5.69 Å². The maximum atomic E-state index is 5.55. The second-order valence-corrected chi connectivity index (χ2v) is 3.25. The van der Waals surface area contributed by atoms with Crippen molar-refractivity contribution < 1.29 is 0 Å². The van der Waals surface area contributed by atoms with Gasteiger partial charge in [-0.05, 0) is 31.5 Å². The number of imidazole rings is 1. The van der Waals surface area contributed by atoms with Crippen molar-refractivity contribution in [1.29, 1.82) is 0 Å². The fourth-order valence-electron chi connectivity index (χ4n) is 1.45. The molecule has 0 aliphatic heterocycles. The van der Waals surface area contributed by atoms with Crippen LogP contribution >= 0.6 is 0 Å². The molecule has 0 aliphatic carbocycles. The summed E-state index contributed by atoms with van der Waals surface area (Å²) in [6.45, 7) is 4.66. The molecule has 68 valence electrons. The number of aromatic nitrogens is 2. The highest BCUT2D eigenvalue weighted by molar-refractivity contribution is 5.45. The van der Waals surface area contributed by atoms with Crippen LogP contribution in [0.4, 0.5) is 0 Å². The maximum Gasteiger partial charge on any atom is 0.137 e. The van der Waals surface area contributed by atoms with E-state index in [1.807, 2.05) is 25.3 Å². The second-order valence-electron chi connectivity index (χ2n) is 3.25. The predicted molar refractivity (Wildman–Crippen MR) is 52.6 cm³/mol. The van der Waals surface area contributed by atoms with Crippen molar-refractivity contribution >= 4 is 5.65 Å². The molecule has 0 unspecified atom stereocenters. The highest BCUT2D eigenvalue weighted by Gasteiger charge is 2.03. The molecular weight excluding hydrogens is 162 g/mol. The molecular formula is C10H13N3. The van der Waals surface area contributed by atoms with Gasteiger partial charge in [-0.15, -0.1) is 0 Å². The Bertz CT molecular complexity index is 443. The molecule has 0 saturated heterocycles. The Hall–Kier alpha value is -1.35. The lowest BCUT2D eigenvalue weighted by Crippen LogP contribution is -1.97. The van der Waals surface area contributed by atoms with Gasteiger partial charge in [0.15, 0.2) is 0 Å². The van der Waals surface area contributed by atoms with E-state index >= 15 is 0 Å². The zero-order chi connectivity index (χ0) is 9.42. The van der Waals surface area contributed by atoms with E-state index in [0.29, 0.717) is 6.54 Å². The van der Waals surface area contributed by atoms with Crippen LogP contribution in [-0.4, -0.2) is 9.38 Å². The monoisotopic (exact) mass is 175 g/mol. The van der Waals surface area contributed by atoms with Gasteiger partial charge in [0.1, 0.15) is 5.65 Å². The van der Waals surface area contributed by atoms with Crippen LogP contribution in [0, 0.1) is 13.8 Å². The quantitative estimate of drug-likeness (QED) is 0.712. The molecule has 3 nitrogen and oxygen atoms in total. The van der Waals surface area contributed by atoms with Crippen molar-refractivity contribution in [2.75, 3.05) is 0 Å². The Morgan fingerprint density at radius 3 is 2.92 bits per heavy atom. The van der Waals surface area contributed by atoms with Gasteiger partial charge in [-0.2, -0.15) is 0 Å². The number of nitrogens with two attached hydrogens (primary N) is 1. The molecule has 3 heteroatoms. The zero-order valence-corrected chi connectivity index (χ0v) is 7.91. The summed E-state index contributed by atoms with van der Waals surface area (Å²) in [7, 11) is 0. The number of aryl methyl sites for hydroxylation is 2. The molecule has 0 amide bonds. The van der Waals surface area contributed by atoms with E-state index in [9.17, 15) is 0 Å². The minimum Gasteiger partial charge on any atom is -0.326 e. The summed E-state index contributed by atoms with van der Waals surface area (Å²) in [6.07, 6.45) is 2.02. The first-order valence-electron chi connectivity index (χ1n) is 4.36. The number of fused-ring (bicyclic) bond motifs is 1. The lowest BCUT2D eigenvalue weighted by molar-refractivity contribution is 1.03. The van der Waals surface area contributed by atoms with E-state index in [-0.39, 0.29) is 0 Å². The fourth-order valence-corrected chi connectivity index (χ4v) is 1.45. The van der Waals surface area contributed by atoms with Crippen molar-refractivity contribution in [2.45, 2.75) is 20.4 Å². The summed E-state index contributed by atoms with van der Waals surface area (Å²) in [5.41, 5.74) is 9.93. The first-order valence-corrected chi connectivity index (χ1v) is 4.36. The standard InChI is InChI=1S/C10H13N3/c1-7-8(2)13-4-3-9(6-11)5-10(13)12-7/h3-5H,6,11H2,1-2H3. The molecule has 0 radical (unpaired) electrons. The van der Waals surface area contributed by atoms with E-state index in [1.54, 1.807) is 0 Å². The van der Waals surface area contributed by atoms with Crippen molar-refractivity contribution in [1.82, 2.24) is 9.38 Å². The SMILES string of the molecule is Cc1nc2cc(CN)ccn2c1C. The Balaban J connectivity index is 2.73. The van der Waals surface area contributed by atoms with Gasteiger partial charge < -0.3 is 10.1 Å². The number of rotatable bonds is 1. The average Bonchev–Trinajstić information content (AvgIpc) is 2.42. The third-order valence-corrected chi connectivity index (χ3v) is 2.40. The van der Waals surface area contributed by atoms with Crippen LogP contribution in [0.15, 0.2) is 18.3 Å². The van der Waals surface area contributed by atoms with Gasteiger partial charge in [-0.25, -0.2) is 4.98 Å². The Labute approximate surface area is 77.2 Å². The summed E-state index contributed by atoms with van der Waals surface area (Å²) in [5, 5.41) is 0. The summed E-state index contributed by atoms with van der Waals surface area (Å²) in [6, 6.07) is 4.06. The van der Waals surface area contributed by atoms with Crippen molar-refractivity contribution in [3.63, 3.8) is 0 Å². The average molecular weight is 175 g/mol. The molecule has 0 saturated carbocycles. The molecule has 0 aromatic carbocycles. The molecule has 0 atom stereocenters. The van der Waals surface area contributed by atoms with E-state index in [0.717, 1.165) is 16.9 Å². The Morgan fingerprint density at radius 2 is 2.23 bits per heavy atom. The first-order chi connectivity index (χ1) is 6.22. The highest BCUT2D eigenvalue weighted by Crippen LogP contribution is 2.11. The van der Waals surface area contributed by atoms with Crippen LogP contribution in [0.2, 0.25) is 0 Å². The molecule has 2 aromatic heterocycles. The van der Waals surface area contributed by atoms with Crippen LogP contribution < -0.4 is 5.73 Å². The Morgan fingerprint density at radius 1 is 1.46 bits per heavy atom. The van der Waals surface area contributed by atoms with Gasteiger partial charge in [0.2, 0.25) is 0 Å². The highest BCUT2D eigenvalue weighted by atomic mass is 15.0. The van der Waals surface area contributed by atoms with Crippen molar-refractivity contribution in [3.05, 3.63) is 35.3 Å². The summed E-state index contributed by atoms with van der Waals surface area (Å²) < 4.78 is 2.08. The van der Waals surface area contributed by atoms with Gasteiger partial charge in [-0.3, -0.25) is 0 Å². The maximum absolute atomic E-state index is 5.55. The number of nitrogens with zero attached hydrogens (tertiary/aromatic N) is 2. The van der Waals surface area contributed by atoms with Crippen molar-refractivity contribution in [3.8, 4) is 0 Å². The van der Waals surface area contributed by atoms with Crippen LogP contribution in [0.1, 0.15) is 17.0 Å². The Kier molecular flexibility index (Phi) is 1.81. The fraction of sp³-hybridized carbons (Fsp3) is 0.300. The van der Waals surface area contributed by atoms with Crippen LogP contribution in [0.5, 0.6) is 0 Å². The van der Waals surface area contributed by atoms with E-state index in [2.05, 4.69) is 16.3 Å². The van der Waals surface area contributed by atoms with E-state index in [4.69, 9.17) is 5.73 Å². The first kappa shape index (κ1) is 8.26. The molecule has 2 heterocycles. The predicted octanol–water partition coefficient (Wildman–Crippen LogP) is 1.41. The van der Waals surface area contributed by atoms with Gasteiger partial charge >= 0.3 is 0 Å². The number of hydrogen-bond donors (Lipinski definition) is 1. The van der Waals surface area contributed by atoms with Crippen molar-refractivity contribution in [2.24, 2.45) is 5.73 Å². The second kappa shape index (κ2) is 2.85. The van der Waals surface area contributed by atoms with Crippen LogP contribution in [-0.2, 0) is 6.54 Å². The smallest absolute Gasteiger partial charge is 0.137 e. The van der Waals surface area contributed by atoms with E-state index in [1.165, 1.54) is 5.69 Å². The van der Waals surface area contributed by atoms with Gasteiger partial charge in [0.25, 0.3) is 0 Å². The lowest BCUT2D eigenvalue weighted by atomic mass is 10.3. The summed E-state index contributed by atoms with van der Waals surface area (Å²) in [4.78, 5) is 4.43. The van der Waals surface area contributed by atoms with Gasteiger partial charge in [0, 0.05) is 18.4 Å². The lowest BCUT2D eigenvalue weighted by Gasteiger charge is -1.98. The molecule has 2 aromatic rings. The topological polar surface area (TPSA) is 43.3 Å². The third kappa shape index (κ3) is 1.21. The minimum atomic E-state index is 0.571. The molecule has 2 N–H and O–H groups in total. The van der Waals surface area contributed by atoms with Crippen LogP contribution in [0.25, 0.3) is 5.65 Å². The van der Waals surface area contributed by atoms with Crippen LogP contribution in [0.3, 0.4) is 0 Å². The van der Waals surface area contributed by atoms with E-state index < -0.39 is 0 Å².